The van der Waals surface area contributed by atoms with Crippen LogP contribution in [0, 0.1) is 0 Å². The topological polar surface area (TPSA) is 56.1 Å². The number of halogens is 1. The molecule has 0 saturated heterocycles. The fourth-order valence-electron chi connectivity index (χ4n) is 2.41. The highest BCUT2D eigenvalue weighted by atomic mass is 79.9. The van der Waals surface area contributed by atoms with Crippen molar-refractivity contribution in [1.82, 2.24) is 9.78 Å². The summed E-state index contributed by atoms with van der Waals surface area (Å²) >= 11 is 3.43. The second kappa shape index (κ2) is 7.63. The van der Waals surface area contributed by atoms with Crippen molar-refractivity contribution >= 4 is 27.5 Å². The van der Waals surface area contributed by atoms with Crippen LogP contribution in [0.4, 0.5) is 5.69 Å². The number of methoxy groups -OCH3 is 1. The van der Waals surface area contributed by atoms with Crippen LogP contribution in [0.5, 0.6) is 0 Å². The second-order valence-corrected chi connectivity index (χ2v) is 6.50. The van der Waals surface area contributed by atoms with E-state index in [1.165, 1.54) is 0 Å². The summed E-state index contributed by atoms with van der Waals surface area (Å²) in [6.07, 6.45) is 1.73. The van der Waals surface area contributed by atoms with E-state index in [4.69, 9.17) is 4.74 Å². The van der Waals surface area contributed by atoms with Gasteiger partial charge in [-0.1, -0.05) is 34.1 Å². The van der Waals surface area contributed by atoms with Crippen LogP contribution in [-0.2, 0) is 4.74 Å². The quantitative estimate of drug-likeness (QED) is 0.682. The van der Waals surface area contributed by atoms with E-state index in [1.807, 2.05) is 55.5 Å². The first-order valence-corrected chi connectivity index (χ1v) is 8.62. The molecule has 1 amide bonds. The van der Waals surface area contributed by atoms with Gasteiger partial charge in [0, 0.05) is 23.5 Å². The number of ether oxygens (including phenoxy) is 1. The molecule has 2 aromatic carbocycles. The van der Waals surface area contributed by atoms with Crippen LogP contribution in [0.1, 0.15) is 29.1 Å². The number of benzene rings is 2. The van der Waals surface area contributed by atoms with Crippen LogP contribution in [0.2, 0.25) is 0 Å². The van der Waals surface area contributed by atoms with Gasteiger partial charge in [0.15, 0.2) is 5.69 Å². The molecule has 5 nitrogen and oxygen atoms in total. The lowest BCUT2D eigenvalue weighted by molar-refractivity contribution is 0.102. The van der Waals surface area contributed by atoms with E-state index in [2.05, 4.69) is 26.3 Å². The van der Waals surface area contributed by atoms with E-state index in [0.29, 0.717) is 11.4 Å². The Morgan fingerprint density at radius 3 is 2.76 bits per heavy atom. The fraction of sp³-hybridized carbons (Fsp3) is 0.158. The maximum absolute atomic E-state index is 12.4. The number of carbonyl (C=O) groups excluding carboxylic acids is 1. The van der Waals surface area contributed by atoms with Crippen LogP contribution < -0.4 is 5.32 Å². The lowest BCUT2D eigenvalue weighted by atomic mass is 10.1. The zero-order valence-corrected chi connectivity index (χ0v) is 15.5. The number of amides is 1. The molecular formula is C19H18BrN3O2. The number of hydrogen-bond donors (Lipinski definition) is 1. The smallest absolute Gasteiger partial charge is 0.276 e. The number of nitrogens with zero attached hydrogens (tertiary/aromatic N) is 2. The summed E-state index contributed by atoms with van der Waals surface area (Å²) in [6.45, 7) is 1.96. The molecule has 0 radical (unpaired) electrons. The van der Waals surface area contributed by atoms with Crippen LogP contribution in [-0.4, -0.2) is 22.8 Å². The Morgan fingerprint density at radius 1 is 1.20 bits per heavy atom. The molecule has 1 N–H and O–H groups in total. The van der Waals surface area contributed by atoms with E-state index in [-0.39, 0.29) is 12.0 Å². The molecule has 0 aliphatic carbocycles. The lowest BCUT2D eigenvalue weighted by Crippen LogP contribution is -2.13. The maximum Gasteiger partial charge on any atom is 0.276 e. The van der Waals surface area contributed by atoms with Crippen LogP contribution >= 0.6 is 15.9 Å². The molecule has 0 bridgehead atoms. The fourth-order valence-corrected chi connectivity index (χ4v) is 2.80. The summed E-state index contributed by atoms with van der Waals surface area (Å²) in [5.41, 5.74) is 2.94. The summed E-state index contributed by atoms with van der Waals surface area (Å²) in [4.78, 5) is 12.4. The third-order valence-electron chi connectivity index (χ3n) is 3.86. The van der Waals surface area contributed by atoms with Crippen molar-refractivity contribution < 1.29 is 9.53 Å². The van der Waals surface area contributed by atoms with Crippen molar-refractivity contribution in [2.75, 3.05) is 12.4 Å². The first-order chi connectivity index (χ1) is 12.1. The van der Waals surface area contributed by atoms with Gasteiger partial charge >= 0.3 is 0 Å². The van der Waals surface area contributed by atoms with Crippen molar-refractivity contribution in [2.24, 2.45) is 0 Å². The molecule has 25 heavy (non-hydrogen) atoms. The Morgan fingerprint density at radius 2 is 2.00 bits per heavy atom. The zero-order chi connectivity index (χ0) is 17.8. The minimum atomic E-state index is -0.254. The van der Waals surface area contributed by atoms with E-state index < -0.39 is 0 Å². The van der Waals surface area contributed by atoms with Crippen molar-refractivity contribution in [3.63, 3.8) is 0 Å². The monoisotopic (exact) mass is 399 g/mol. The van der Waals surface area contributed by atoms with Gasteiger partial charge in [0.1, 0.15) is 0 Å². The van der Waals surface area contributed by atoms with E-state index in [1.54, 1.807) is 24.1 Å². The van der Waals surface area contributed by atoms with Gasteiger partial charge in [-0.2, -0.15) is 5.10 Å². The maximum atomic E-state index is 12.4. The number of carbonyl (C=O) groups is 1. The number of rotatable bonds is 5. The van der Waals surface area contributed by atoms with Crippen LogP contribution in [0.3, 0.4) is 0 Å². The Bertz CT molecular complexity index is 892. The predicted molar refractivity (Wildman–Crippen MR) is 101 cm³/mol. The van der Waals surface area contributed by atoms with Gasteiger partial charge in [-0.05, 0) is 48.9 Å². The molecular weight excluding hydrogens is 382 g/mol. The van der Waals surface area contributed by atoms with Gasteiger partial charge < -0.3 is 10.1 Å². The highest BCUT2D eigenvalue weighted by Crippen LogP contribution is 2.20. The molecule has 6 heteroatoms. The second-order valence-electron chi connectivity index (χ2n) is 5.58. The third-order valence-corrected chi connectivity index (χ3v) is 4.36. The van der Waals surface area contributed by atoms with Gasteiger partial charge in [0.25, 0.3) is 5.91 Å². The van der Waals surface area contributed by atoms with Crippen molar-refractivity contribution in [3.05, 3.63) is 76.5 Å². The summed E-state index contributed by atoms with van der Waals surface area (Å²) in [6, 6.07) is 17.0. The highest BCUT2D eigenvalue weighted by molar-refractivity contribution is 9.10. The Labute approximate surface area is 154 Å². The third kappa shape index (κ3) is 4.15. The van der Waals surface area contributed by atoms with E-state index >= 15 is 0 Å². The minimum Gasteiger partial charge on any atom is -0.377 e. The van der Waals surface area contributed by atoms with Crippen molar-refractivity contribution in [2.45, 2.75) is 13.0 Å². The average Bonchev–Trinajstić information content (AvgIpc) is 3.11. The minimum absolute atomic E-state index is 0.0346. The molecule has 0 saturated carbocycles. The number of hydrogen-bond acceptors (Lipinski definition) is 3. The van der Waals surface area contributed by atoms with Crippen molar-refractivity contribution in [1.29, 1.82) is 0 Å². The summed E-state index contributed by atoms with van der Waals surface area (Å²) in [5.74, 6) is -0.254. The average molecular weight is 400 g/mol. The largest absolute Gasteiger partial charge is 0.377 e. The Hall–Kier alpha value is -2.44. The molecule has 1 unspecified atom stereocenters. The molecule has 0 aliphatic rings. The summed E-state index contributed by atoms with van der Waals surface area (Å²) in [5, 5.41) is 7.22. The molecule has 3 aromatic rings. The zero-order valence-electron chi connectivity index (χ0n) is 13.9. The number of nitrogens with one attached hydrogen (secondary N) is 1. The van der Waals surface area contributed by atoms with Crippen LogP contribution in [0.25, 0.3) is 5.69 Å². The Balaban J connectivity index is 1.76. The SMILES string of the molecule is COC(C)c1cccc(NC(=O)c2ccn(-c3cccc(Br)c3)n2)c1. The van der Waals surface area contributed by atoms with Gasteiger partial charge in [-0.25, -0.2) is 4.68 Å². The van der Waals surface area contributed by atoms with Crippen LogP contribution in [0.15, 0.2) is 65.3 Å². The molecule has 1 atom stereocenters. The predicted octanol–water partition coefficient (Wildman–Crippen LogP) is 4.59. The molecule has 3 rings (SSSR count). The highest BCUT2D eigenvalue weighted by Gasteiger charge is 2.12. The van der Waals surface area contributed by atoms with Gasteiger partial charge in [-0.3, -0.25) is 4.79 Å². The molecule has 0 fully saturated rings. The Kier molecular flexibility index (Phi) is 5.31. The van der Waals surface area contributed by atoms with Gasteiger partial charge in [-0.15, -0.1) is 0 Å². The first-order valence-electron chi connectivity index (χ1n) is 7.82. The standard InChI is InChI=1S/C19H18BrN3O2/c1-13(25-2)14-5-3-7-16(11-14)21-19(24)18-9-10-23(22-18)17-8-4-6-15(20)12-17/h3-13H,1-2H3,(H,21,24). The molecule has 128 valence electrons. The van der Waals surface area contributed by atoms with E-state index in [9.17, 15) is 4.79 Å². The van der Waals surface area contributed by atoms with Gasteiger partial charge in [0.2, 0.25) is 0 Å². The summed E-state index contributed by atoms with van der Waals surface area (Å²) in [7, 11) is 1.66. The van der Waals surface area contributed by atoms with Gasteiger partial charge in [0.05, 0.1) is 11.8 Å². The van der Waals surface area contributed by atoms with Crippen molar-refractivity contribution in [3.8, 4) is 5.69 Å². The molecule has 0 spiro atoms. The normalized spacial score (nSPS) is 12.0. The first kappa shape index (κ1) is 17.4. The lowest BCUT2D eigenvalue weighted by Gasteiger charge is -2.11. The van der Waals surface area contributed by atoms with E-state index in [0.717, 1.165) is 15.7 Å². The molecule has 1 heterocycles. The number of aromatic nitrogens is 2. The molecule has 1 aromatic heterocycles. The summed E-state index contributed by atoms with van der Waals surface area (Å²) < 4.78 is 7.93. The number of anilines is 1. The molecule has 0 aliphatic heterocycles.